The molecule has 1 unspecified atom stereocenters. The molecule has 3 aromatic rings. The molecule has 41 heavy (non-hydrogen) atoms. The van der Waals surface area contributed by atoms with Crippen molar-refractivity contribution in [3.05, 3.63) is 80.9 Å². The highest BCUT2D eigenvalue weighted by Crippen LogP contribution is 2.46. The van der Waals surface area contributed by atoms with Crippen molar-refractivity contribution in [1.29, 1.82) is 0 Å². The van der Waals surface area contributed by atoms with Gasteiger partial charge in [0.15, 0.2) is 0 Å². The van der Waals surface area contributed by atoms with E-state index in [1.807, 2.05) is 4.90 Å². The van der Waals surface area contributed by atoms with Crippen molar-refractivity contribution < 1.29 is 35.5 Å². The number of hydrogen-bond donors (Lipinski definition) is 1. The second kappa shape index (κ2) is 10.5. The highest BCUT2D eigenvalue weighted by atomic mass is 19.4. The monoisotopic (exact) mass is 583 g/mol. The zero-order valence-corrected chi connectivity index (χ0v) is 22.1. The van der Waals surface area contributed by atoms with E-state index in [2.05, 4.69) is 5.32 Å². The smallest absolute Gasteiger partial charge is 0.352 e. The summed E-state index contributed by atoms with van der Waals surface area (Å²) in [7, 11) is 1.55. The highest BCUT2D eigenvalue weighted by molar-refractivity contribution is 5.83. The summed E-state index contributed by atoms with van der Waals surface area (Å²) in [6, 6.07) is 7.13. The summed E-state index contributed by atoms with van der Waals surface area (Å²) in [5.74, 6) is -0.586. The Bertz CT molecular complexity index is 1510. The first kappa shape index (κ1) is 29.1. The number of amides is 1. The van der Waals surface area contributed by atoms with Crippen LogP contribution in [-0.2, 0) is 37.3 Å². The number of alkyl halides is 6. The van der Waals surface area contributed by atoms with Crippen LogP contribution in [0, 0.1) is 17.2 Å². The quantitative estimate of drug-likeness (QED) is 0.346. The molecule has 1 aliphatic carbocycles. The van der Waals surface area contributed by atoms with E-state index in [1.54, 1.807) is 13.1 Å². The third kappa shape index (κ3) is 6.27. The summed E-state index contributed by atoms with van der Waals surface area (Å²) in [6.45, 7) is 0.620. The van der Waals surface area contributed by atoms with Crippen LogP contribution in [0.25, 0.3) is 10.9 Å². The van der Waals surface area contributed by atoms with Crippen molar-refractivity contribution in [2.45, 2.75) is 51.1 Å². The molecule has 2 aliphatic rings. The summed E-state index contributed by atoms with van der Waals surface area (Å²) in [5.41, 5.74) is -3.27. The number of pyridine rings is 1. The molecule has 5 rings (SSSR count). The number of aryl methyl sites for hydroxylation is 1. The number of halogens is 7. The van der Waals surface area contributed by atoms with Gasteiger partial charge in [0.1, 0.15) is 5.82 Å². The molecule has 1 saturated heterocycles. The number of rotatable bonds is 7. The molecule has 1 aliphatic heterocycles. The zero-order chi connectivity index (χ0) is 29.7. The highest BCUT2D eigenvalue weighted by Gasteiger charge is 2.47. The van der Waals surface area contributed by atoms with Gasteiger partial charge in [0.2, 0.25) is 5.91 Å². The van der Waals surface area contributed by atoms with E-state index in [1.165, 1.54) is 22.8 Å². The van der Waals surface area contributed by atoms with Gasteiger partial charge >= 0.3 is 12.4 Å². The lowest BCUT2D eigenvalue weighted by Crippen LogP contribution is -2.43. The predicted octanol–water partition coefficient (Wildman–Crippen LogP) is 6.02. The largest absolute Gasteiger partial charge is 0.416 e. The lowest BCUT2D eigenvalue weighted by Gasteiger charge is -2.29. The molecule has 1 aromatic heterocycles. The van der Waals surface area contributed by atoms with E-state index < -0.39 is 47.2 Å². The van der Waals surface area contributed by atoms with Crippen molar-refractivity contribution in [2.75, 3.05) is 13.1 Å². The van der Waals surface area contributed by atoms with Gasteiger partial charge in [0.05, 0.1) is 22.1 Å². The van der Waals surface area contributed by atoms with Gasteiger partial charge in [-0.05, 0) is 72.8 Å². The number of benzene rings is 2. The number of nitrogens with one attached hydrogen (secondary N) is 1. The molecule has 0 radical (unpaired) electrons. The van der Waals surface area contributed by atoms with Crippen LogP contribution in [0.3, 0.4) is 0 Å². The second-order valence-corrected chi connectivity index (χ2v) is 11.2. The van der Waals surface area contributed by atoms with E-state index in [-0.39, 0.29) is 17.2 Å². The number of hydrogen-bond acceptors (Lipinski definition) is 3. The summed E-state index contributed by atoms with van der Waals surface area (Å²) in [5, 5.41) is 2.91. The Morgan fingerprint density at radius 1 is 0.976 bits per heavy atom. The van der Waals surface area contributed by atoms with Crippen LogP contribution in [0.1, 0.15) is 47.9 Å². The van der Waals surface area contributed by atoms with E-state index >= 15 is 0 Å². The molecule has 1 saturated carbocycles. The fraction of sp³-hybridized carbons (Fsp3) is 0.448. The summed E-state index contributed by atoms with van der Waals surface area (Å²) >= 11 is 0. The molecule has 1 atom stereocenters. The van der Waals surface area contributed by atoms with E-state index in [0.717, 1.165) is 12.8 Å². The SMILES string of the molecule is Cn1c(=O)ccc2c(F)cc(CN3CCC(CC4CC4)(C(=O)NCc4cc(C(F)(F)F)cc(C(F)(F)F)c4)C3)cc21. The Labute approximate surface area is 230 Å². The molecule has 12 heteroatoms. The predicted molar refractivity (Wildman–Crippen MR) is 137 cm³/mol. The van der Waals surface area contributed by atoms with E-state index in [4.69, 9.17) is 0 Å². The first-order valence-electron chi connectivity index (χ1n) is 13.2. The van der Waals surface area contributed by atoms with Gasteiger partial charge in [-0.25, -0.2) is 4.39 Å². The molecule has 0 spiro atoms. The van der Waals surface area contributed by atoms with Crippen LogP contribution >= 0.6 is 0 Å². The Morgan fingerprint density at radius 2 is 1.63 bits per heavy atom. The number of aromatic nitrogens is 1. The van der Waals surface area contributed by atoms with Crippen molar-refractivity contribution in [2.24, 2.45) is 18.4 Å². The van der Waals surface area contributed by atoms with Gasteiger partial charge < -0.3 is 9.88 Å². The minimum atomic E-state index is -4.98. The lowest BCUT2D eigenvalue weighted by molar-refractivity contribution is -0.143. The van der Waals surface area contributed by atoms with Gasteiger partial charge in [-0.3, -0.25) is 14.5 Å². The molecule has 2 fully saturated rings. The summed E-state index contributed by atoms with van der Waals surface area (Å²) in [4.78, 5) is 27.5. The standard InChI is InChI=1S/C29H28F7N3O2/c1-38-24-11-19(10-23(30)22(24)4-5-25(38)40)15-39-7-6-27(16-39,13-17-2-3-17)26(41)37-14-18-8-20(28(31,32)33)12-21(9-18)29(34,35)36/h4-5,8-12,17H,2-3,6-7,13-16H2,1H3,(H,37,41). The molecule has 0 bridgehead atoms. The number of nitrogens with zero attached hydrogens (tertiary/aromatic N) is 2. The van der Waals surface area contributed by atoms with Gasteiger partial charge in [-0.1, -0.05) is 12.8 Å². The number of likely N-dealkylation sites (tertiary alicyclic amines) is 1. The minimum absolute atomic E-state index is 0.0578. The molecular formula is C29H28F7N3O2. The Morgan fingerprint density at radius 3 is 2.24 bits per heavy atom. The molecule has 2 aromatic carbocycles. The van der Waals surface area contributed by atoms with Crippen LogP contribution in [-0.4, -0.2) is 28.5 Å². The molecule has 220 valence electrons. The Balaban J connectivity index is 1.34. The molecular weight excluding hydrogens is 555 g/mol. The first-order chi connectivity index (χ1) is 19.1. The van der Waals surface area contributed by atoms with Gasteiger partial charge in [-0.2, -0.15) is 26.3 Å². The topological polar surface area (TPSA) is 54.3 Å². The number of fused-ring (bicyclic) bond motifs is 1. The third-order valence-corrected chi connectivity index (χ3v) is 8.05. The average Bonchev–Trinajstić information content (AvgIpc) is 3.61. The Hall–Kier alpha value is -3.41. The maximum absolute atomic E-state index is 14.8. The van der Waals surface area contributed by atoms with E-state index in [0.29, 0.717) is 67.0 Å². The maximum atomic E-state index is 14.8. The molecule has 1 N–H and O–H groups in total. The lowest BCUT2D eigenvalue weighted by atomic mass is 9.80. The van der Waals surface area contributed by atoms with Crippen molar-refractivity contribution >= 4 is 16.8 Å². The second-order valence-electron chi connectivity index (χ2n) is 11.2. The van der Waals surface area contributed by atoms with Gasteiger partial charge in [0.25, 0.3) is 5.56 Å². The third-order valence-electron chi connectivity index (χ3n) is 8.05. The number of carbonyl (C=O) groups excluding carboxylic acids is 1. The van der Waals surface area contributed by atoms with Crippen LogP contribution in [0.4, 0.5) is 30.7 Å². The summed E-state index contributed by atoms with van der Waals surface area (Å²) in [6.07, 6.45) is -7.07. The van der Waals surface area contributed by atoms with Gasteiger partial charge in [0, 0.05) is 38.1 Å². The zero-order valence-electron chi connectivity index (χ0n) is 22.1. The molecule has 1 amide bonds. The van der Waals surface area contributed by atoms with Crippen molar-refractivity contribution in [3.63, 3.8) is 0 Å². The van der Waals surface area contributed by atoms with Crippen LogP contribution < -0.4 is 10.9 Å². The number of carbonyl (C=O) groups is 1. The van der Waals surface area contributed by atoms with Gasteiger partial charge in [-0.15, -0.1) is 0 Å². The van der Waals surface area contributed by atoms with E-state index in [9.17, 15) is 40.3 Å². The van der Waals surface area contributed by atoms with Crippen LogP contribution in [0.15, 0.2) is 47.3 Å². The maximum Gasteiger partial charge on any atom is 0.416 e. The normalized spacial score (nSPS) is 20.1. The fourth-order valence-electron chi connectivity index (χ4n) is 5.74. The van der Waals surface area contributed by atoms with Crippen molar-refractivity contribution in [1.82, 2.24) is 14.8 Å². The first-order valence-corrected chi connectivity index (χ1v) is 13.2. The van der Waals surface area contributed by atoms with Crippen molar-refractivity contribution in [3.8, 4) is 0 Å². The minimum Gasteiger partial charge on any atom is -0.352 e. The average molecular weight is 584 g/mol. The van der Waals surface area contributed by atoms with Crippen LogP contribution in [0.2, 0.25) is 0 Å². The molecule has 2 heterocycles. The fourth-order valence-corrected chi connectivity index (χ4v) is 5.74. The Kier molecular flexibility index (Phi) is 7.42. The summed E-state index contributed by atoms with van der Waals surface area (Å²) < 4.78 is 95.8. The molecule has 5 nitrogen and oxygen atoms in total. The van der Waals surface area contributed by atoms with Crippen LogP contribution in [0.5, 0.6) is 0 Å².